The molecular weight excluding hydrogens is 280 g/mol. The molecule has 2 heterocycles. The summed E-state index contributed by atoms with van der Waals surface area (Å²) in [5, 5.41) is 10.5. The largest absolute Gasteiger partial charge is 0.387 e. The molecule has 0 unspecified atom stereocenters. The second kappa shape index (κ2) is 5.70. The SMILES string of the molecule is CN(C)C[C@]1(O)CCN(C(=O)Cn2cnc3ccccc32)C1. The molecule has 3 rings (SSSR count). The van der Waals surface area contributed by atoms with Crippen molar-refractivity contribution in [1.82, 2.24) is 19.4 Å². The number of aliphatic hydroxyl groups is 1. The number of β-amino-alcohol motifs (C(OH)–C–C–N with tert-alkyl or cyclic N) is 1. The summed E-state index contributed by atoms with van der Waals surface area (Å²) in [6, 6.07) is 7.77. The molecule has 118 valence electrons. The lowest BCUT2D eigenvalue weighted by Crippen LogP contribution is -2.44. The summed E-state index contributed by atoms with van der Waals surface area (Å²) in [4.78, 5) is 20.5. The maximum absolute atomic E-state index is 12.5. The van der Waals surface area contributed by atoms with Crippen LogP contribution in [-0.2, 0) is 11.3 Å². The zero-order chi connectivity index (χ0) is 15.7. The lowest BCUT2D eigenvalue weighted by molar-refractivity contribution is -0.131. The molecule has 1 fully saturated rings. The average Bonchev–Trinajstić information content (AvgIpc) is 3.03. The standard InChI is InChI=1S/C16H22N4O2/c1-18(2)10-16(22)7-8-19(11-16)15(21)9-20-12-17-13-5-3-4-6-14(13)20/h3-6,12,22H,7-11H2,1-2H3/t16-/m1/s1. The third-order valence-electron chi connectivity index (χ3n) is 4.13. The van der Waals surface area contributed by atoms with Crippen molar-refractivity contribution < 1.29 is 9.90 Å². The number of likely N-dealkylation sites (tertiary alicyclic amines) is 1. The first-order valence-corrected chi connectivity index (χ1v) is 7.52. The van der Waals surface area contributed by atoms with Crippen molar-refractivity contribution in [3.63, 3.8) is 0 Å². The monoisotopic (exact) mass is 302 g/mol. The first-order chi connectivity index (χ1) is 10.5. The first-order valence-electron chi connectivity index (χ1n) is 7.52. The molecule has 0 aliphatic carbocycles. The third kappa shape index (κ3) is 2.98. The minimum atomic E-state index is -0.795. The van der Waals surface area contributed by atoms with Crippen LogP contribution in [-0.4, -0.2) is 69.7 Å². The molecule has 0 radical (unpaired) electrons. The molecule has 0 saturated carbocycles. The van der Waals surface area contributed by atoms with Gasteiger partial charge in [0.1, 0.15) is 6.54 Å². The Morgan fingerprint density at radius 3 is 2.95 bits per heavy atom. The number of benzene rings is 1. The third-order valence-corrected chi connectivity index (χ3v) is 4.13. The van der Waals surface area contributed by atoms with E-state index in [4.69, 9.17) is 0 Å². The molecule has 0 bridgehead atoms. The molecule has 22 heavy (non-hydrogen) atoms. The number of carbonyl (C=O) groups is 1. The van der Waals surface area contributed by atoms with Crippen LogP contribution < -0.4 is 0 Å². The van der Waals surface area contributed by atoms with Gasteiger partial charge in [0.05, 0.1) is 29.5 Å². The van der Waals surface area contributed by atoms with Gasteiger partial charge in [-0.1, -0.05) is 12.1 Å². The molecule has 1 aromatic carbocycles. The topological polar surface area (TPSA) is 61.6 Å². The van der Waals surface area contributed by atoms with E-state index in [1.165, 1.54) is 0 Å². The number of amides is 1. The number of aromatic nitrogens is 2. The summed E-state index contributed by atoms with van der Waals surface area (Å²) >= 11 is 0. The molecule has 0 spiro atoms. The quantitative estimate of drug-likeness (QED) is 0.896. The van der Waals surface area contributed by atoms with Crippen LogP contribution >= 0.6 is 0 Å². The number of rotatable bonds is 4. The van der Waals surface area contributed by atoms with Crippen LogP contribution in [0.25, 0.3) is 11.0 Å². The van der Waals surface area contributed by atoms with Crippen molar-refractivity contribution >= 4 is 16.9 Å². The van der Waals surface area contributed by atoms with Crippen LogP contribution in [0.15, 0.2) is 30.6 Å². The first kappa shape index (κ1) is 15.0. The highest BCUT2D eigenvalue weighted by atomic mass is 16.3. The fourth-order valence-electron chi connectivity index (χ4n) is 3.17. The molecular formula is C16H22N4O2. The number of hydrogen-bond donors (Lipinski definition) is 1. The zero-order valence-electron chi connectivity index (χ0n) is 13.1. The van der Waals surface area contributed by atoms with E-state index < -0.39 is 5.60 Å². The predicted octanol–water partition coefficient (Wildman–Crippen LogP) is 0.561. The summed E-state index contributed by atoms with van der Waals surface area (Å²) in [7, 11) is 3.86. The molecule has 1 aromatic heterocycles. The van der Waals surface area contributed by atoms with Crippen molar-refractivity contribution in [3.05, 3.63) is 30.6 Å². The van der Waals surface area contributed by atoms with Gasteiger partial charge in [-0.2, -0.15) is 0 Å². The van der Waals surface area contributed by atoms with Gasteiger partial charge in [0, 0.05) is 13.1 Å². The highest BCUT2D eigenvalue weighted by Crippen LogP contribution is 2.22. The second-order valence-electron chi connectivity index (χ2n) is 6.39. The van der Waals surface area contributed by atoms with Crippen molar-refractivity contribution in [3.8, 4) is 0 Å². The number of carbonyl (C=O) groups excluding carboxylic acids is 1. The Kier molecular flexibility index (Phi) is 3.88. The van der Waals surface area contributed by atoms with Gasteiger partial charge in [0.15, 0.2) is 0 Å². The highest BCUT2D eigenvalue weighted by molar-refractivity contribution is 5.80. The van der Waals surface area contributed by atoms with Crippen LogP contribution in [0, 0.1) is 0 Å². The minimum absolute atomic E-state index is 0.0258. The average molecular weight is 302 g/mol. The summed E-state index contributed by atoms with van der Waals surface area (Å²) in [5.74, 6) is 0.0258. The van der Waals surface area contributed by atoms with Crippen LogP contribution in [0.4, 0.5) is 0 Å². The summed E-state index contributed by atoms with van der Waals surface area (Å²) in [5.41, 5.74) is 1.05. The van der Waals surface area contributed by atoms with Gasteiger partial charge < -0.3 is 19.5 Å². The molecule has 1 saturated heterocycles. The molecule has 2 aromatic rings. The van der Waals surface area contributed by atoms with Crippen LogP contribution in [0.5, 0.6) is 0 Å². The number of hydrogen-bond acceptors (Lipinski definition) is 4. The maximum atomic E-state index is 12.5. The van der Waals surface area contributed by atoms with Crippen molar-refractivity contribution in [2.24, 2.45) is 0 Å². The van der Waals surface area contributed by atoms with Crippen LogP contribution in [0.1, 0.15) is 6.42 Å². The van der Waals surface area contributed by atoms with E-state index in [2.05, 4.69) is 4.98 Å². The van der Waals surface area contributed by atoms with Crippen LogP contribution in [0.3, 0.4) is 0 Å². The van der Waals surface area contributed by atoms with E-state index in [9.17, 15) is 9.90 Å². The number of para-hydroxylation sites is 2. The molecule has 1 aliphatic heterocycles. The van der Waals surface area contributed by atoms with Crippen molar-refractivity contribution in [1.29, 1.82) is 0 Å². The molecule has 1 atom stereocenters. The van der Waals surface area contributed by atoms with Gasteiger partial charge in [-0.15, -0.1) is 0 Å². The van der Waals surface area contributed by atoms with Gasteiger partial charge in [-0.05, 0) is 32.6 Å². The van der Waals surface area contributed by atoms with E-state index in [1.807, 2.05) is 47.8 Å². The molecule has 1 aliphatic rings. The van der Waals surface area contributed by atoms with Crippen LogP contribution in [0.2, 0.25) is 0 Å². The Hall–Kier alpha value is -1.92. The van der Waals surface area contributed by atoms with Gasteiger partial charge >= 0.3 is 0 Å². The van der Waals surface area contributed by atoms with Crippen molar-refractivity contribution in [2.45, 2.75) is 18.6 Å². The zero-order valence-corrected chi connectivity index (χ0v) is 13.1. The fraction of sp³-hybridized carbons (Fsp3) is 0.500. The minimum Gasteiger partial charge on any atom is -0.387 e. The Morgan fingerprint density at radius 1 is 1.41 bits per heavy atom. The maximum Gasteiger partial charge on any atom is 0.242 e. The molecule has 1 amide bonds. The Morgan fingerprint density at radius 2 is 2.18 bits per heavy atom. The van der Waals surface area contributed by atoms with Crippen molar-refractivity contribution in [2.75, 3.05) is 33.7 Å². The second-order valence-corrected chi connectivity index (χ2v) is 6.39. The van der Waals surface area contributed by atoms with E-state index in [-0.39, 0.29) is 12.5 Å². The Labute approximate surface area is 130 Å². The van der Waals surface area contributed by atoms with E-state index in [0.29, 0.717) is 26.1 Å². The number of likely N-dealkylation sites (N-methyl/N-ethyl adjacent to an activating group) is 1. The normalized spacial score (nSPS) is 21.9. The number of nitrogens with zero attached hydrogens (tertiary/aromatic N) is 4. The van der Waals surface area contributed by atoms with E-state index >= 15 is 0 Å². The van der Waals surface area contributed by atoms with Gasteiger partial charge in [-0.25, -0.2) is 4.98 Å². The lowest BCUT2D eigenvalue weighted by Gasteiger charge is -2.26. The summed E-state index contributed by atoms with van der Waals surface area (Å²) < 4.78 is 1.86. The number of fused-ring (bicyclic) bond motifs is 1. The molecule has 6 heteroatoms. The fourth-order valence-corrected chi connectivity index (χ4v) is 3.17. The molecule has 6 nitrogen and oxygen atoms in total. The Balaban J connectivity index is 1.68. The smallest absolute Gasteiger partial charge is 0.242 e. The van der Waals surface area contributed by atoms with E-state index in [0.717, 1.165) is 11.0 Å². The van der Waals surface area contributed by atoms with Gasteiger partial charge in [0.25, 0.3) is 0 Å². The summed E-state index contributed by atoms with van der Waals surface area (Å²) in [6.07, 6.45) is 2.33. The number of imidazole rings is 1. The van der Waals surface area contributed by atoms with Gasteiger partial charge in [0.2, 0.25) is 5.91 Å². The lowest BCUT2D eigenvalue weighted by atomic mass is 10.0. The Bertz CT molecular complexity index is 682. The predicted molar refractivity (Wildman–Crippen MR) is 84.4 cm³/mol. The van der Waals surface area contributed by atoms with E-state index in [1.54, 1.807) is 11.2 Å². The highest BCUT2D eigenvalue weighted by Gasteiger charge is 2.38. The molecule has 1 N–H and O–H groups in total. The summed E-state index contributed by atoms with van der Waals surface area (Å²) in [6.45, 7) is 1.84. The van der Waals surface area contributed by atoms with Gasteiger partial charge in [-0.3, -0.25) is 4.79 Å².